The quantitative estimate of drug-likeness (QED) is 0.846. The number of aliphatic hydroxyl groups excluding tert-OH is 1. The van der Waals surface area contributed by atoms with Crippen molar-refractivity contribution in [3.8, 4) is 0 Å². The third-order valence-corrected chi connectivity index (χ3v) is 3.16. The van der Waals surface area contributed by atoms with Crippen LogP contribution >= 0.6 is 0 Å². The number of aromatic nitrogens is 2. The van der Waals surface area contributed by atoms with Gasteiger partial charge in [0.15, 0.2) is 0 Å². The second-order valence-corrected chi connectivity index (χ2v) is 4.65. The SMILES string of the molecule is CCn1cc(CC(CO)Cc2ccccc2)cn1. The highest BCUT2D eigenvalue weighted by molar-refractivity contribution is 5.16. The molecule has 0 aliphatic heterocycles. The van der Waals surface area contributed by atoms with Crippen LogP contribution in [-0.4, -0.2) is 21.5 Å². The van der Waals surface area contributed by atoms with Crippen molar-refractivity contribution in [1.29, 1.82) is 0 Å². The summed E-state index contributed by atoms with van der Waals surface area (Å²) < 4.78 is 1.92. The summed E-state index contributed by atoms with van der Waals surface area (Å²) in [5, 5.41) is 13.7. The number of nitrogens with zero attached hydrogens (tertiary/aromatic N) is 2. The van der Waals surface area contributed by atoms with E-state index in [2.05, 4.69) is 30.4 Å². The highest BCUT2D eigenvalue weighted by Gasteiger charge is 2.10. The van der Waals surface area contributed by atoms with E-state index in [1.54, 1.807) is 0 Å². The molecule has 0 aliphatic carbocycles. The van der Waals surface area contributed by atoms with Gasteiger partial charge in [-0.25, -0.2) is 0 Å². The zero-order valence-corrected chi connectivity index (χ0v) is 10.8. The van der Waals surface area contributed by atoms with Gasteiger partial charge in [-0.15, -0.1) is 0 Å². The number of hydrogen-bond donors (Lipinski definition) is 1. The van der Waals surface area contributed by atoms with Gasteiger partial charge in [0, 0.05) is 19.3 Å². The van der Waals surface area contributed by atoms with E-state index in [0.29, 0.717) is 0 Å². The Bertz CT molecular complexity index is 464. The lowest BCUT2D eigenvalue weighted by Gasteiger charge is -2.12. The van der Waals surface area contributed by atoms with Crippen LogP contribution in [0.3, 0.4) is 0 Å². The molecule has 0 bridgehead atoms. The van der Waals surface area contributed by atoms with Crippen LogP contribution in [0.4, 0.5) is 0 Å². The lowest BCUT2D eigenvalue weighted by atomic mass is 9.94. The van der Waals surface area contributed by atoms with Crippen molar-refractivity contribution >= 4 is 0 Å². The minimum Gasteiger partial charge on any atom is -0.396 e. The fraction of sp³-hybridized carbons (Fsp3) is 0.400. The van der Waals surface area contributed by atoms with Crippen molar-refractivity contribution in [2.75, 3.05) is 6.61 Å². The molecule has 1 aromatic heterocycles. The maximum atomic E-state index is 9.49. The van der Waals surface area contributed by atoms with Gasteiger partial charge >= 0.3 is 0 Å². The standard InChI is InChI=1S/C15H20N2O/c1-2-17-11-15(10-16-17)9-14(12-18)8-13-6-4-3-5-7-13/h3-7,10-11,14,18H,2,8-9,12H2,1H3. The Morgan fingerprint density at radius 3 is 2.50 bits per heavy atom. The van der Waals surface area contributed by atoms with Gasteiger partial charge in [-0.05, 0) is 36.8 Å². The van der Waals surface area contributed by atoms with Crippen molar-refractivity contribution in [2.24, 2.45) is 5.92 Å². The van der Waals surface area contributed by atoms with E-state index >= 15 is 0 Å². The van der Waals surface area contributed by atoms with E-state index in [-0.39, 0.29) is 12.5 Å². The third-order valence-electron chi connectivity index (χ3n) is 3.16. The van der Waals surface area contributed by atoms with Crippen LogP contribution < -0.4 is 0 Å². The topological polar surface area (TPSA) is 38.0 Å². The summed E-state index contributed by atoms with van der Waals surface area (Å²) in [6.45, 7) is 3.18. The Hall–Kier alpha value is -1.61. The van der Waals surface area contributed by atoms with E-state index in [0.717, 1.165) is 19.4 Å². The fourth-order valence-corrected chi connectivity index (χ4v) is 2.17. The first-order valence-corrected chi connectivity index (χ1v) is 6.48. The Balaban J connectivity index is 1.97. The summed E-state index contributed by atoms with van der Waals surface area (Å²) in [4.78, 5) is 0. The fourth-order valence-electron chi connectivity index (χ4n) is 2.17. The predicted octanol–water partition coefficient (Wildman–Crippen LogP) is 2.30. The summed E-state index contributed by atoms with van der Waals surface area (Å²) in [6.07, 6.45) is 5.75. The number of hydrogen-bond acceptors (Lipinski definition) is 2. The van der Waals surface area contributed by atoms with E-state index in [1.165, 1.54) is 11.1 Å². The summed E-state index contributed by atoms with van der Waals surface area (Å²) in [7, 11) is 0. The van der Waals surface area contributed by atoms with Crippen LogP contribution in [0.25, 0.3) is 0 Å². The number of aliphatic hydroxyl groups is 1. The average Bonchev–Trinajstić information content (AvgIpc) is 2.87. The molecule has 3 heteroatoms. The number of rotatable bonds is 6. The molecule has 0 amide bonds. The van der Waals surface area contributed by atoms with Crippen molar-refractivity contribution in [3.63, 3.8) is 0 Å². The van der Waals surface area contributed by atoms with Crippen LogP contribution in [0.2, 0.25) is 0 Å². The van der Waals surface area contributed by atoms with E-state index in [1.807, 2.05) is 29.1 Å². The first-order chi connectivity index (χ1) is 8.81. The van der Waals surface area contributed by atoms with Gasteiger partial charge < -0.3 is 5.11 Å². The second kappa shape index (κ2) is 6.36. The first kappa shape index (κ1) is 12.8. The van der Waals surface area contributed by atoms with Gasteiger partial charge in [-0.2, -0.15) is 5.10 Å². The molecule has 0 spiro atoms. The van der Waals surface area contributed by atoms with Gasteiger partial charge in [-0.1, -0.05) is 30.3 Å². The molecular formula is C15H20N2O. The Morgan fingerprint density at radius 2 is 1.89 bits per heavy atom. The zero-order chi connectivity index (χ0) is 12.8. The van der Waals surface area contributed by atoms with Crippen LogP contribution in [-0.2, 0) is 19.4 Å². The molecule has 1 heterocycles. The normalized spacial score (nSPS) is 12.6. The molecule has 2 aromatic rings. The average molecular weight is 244 g/mol. The minimum atomic E-state index is 0.214. The van der Waals surface area contributed by atoms with Crippen molar-refractivity contribution in [3.05, 3.63) is 53.9 Å². The molecule has 0 fully saturated rings. The molecule has 0 saturated carbocycles. The van der Waals surface area contributed by atoms with E-state index in [9.17, 15) is 5.11 Å². The number of aryl methyl sites for hydroxylation is 1. The molecule has 18 heavy (non-hydrogen) atoms. The molecule has 1 aromatic carbocycles. The summed E-state index contributed by atoms with van der Waals surface area (Å²) in [6, 6.07) is 10.3. The molecule has 1 unspecified atom stereocenters. The maximum absolute atomic E-state index is 9.49. The largest absolute Gasteiger partial charge is 0.396 e. The van der Waals surface area contributed by atoms with E-state index < -0.39 is 0 Å². The minimum absolute atomic E-state index is 0.214. The Kier molecular flexibility index (Phi) is 4.53. The van der Waals surface area contributed by atoms with Gasteiger partial charge in [0.2, 0.25) is 0 Å². The molecule has 0 radical (unpaired) electrons. The molecular weight excluding hydrogens is 224 g/mol. The molecule has 0 saturated heterocycles. The van der Waals surface area contributed by atoms with Crippen LogP contribution in [0.15, 0.2) is 42.7 Å². The maximum Gasteiger partial charge on any atom is 0.0521 e. The summed E-state index contributed by atoms with van der Waals surface area (Å²) >= 11 is 0. The van der Waals surface area contributed by atoms with Gasteiger partial charge in [-0.3, -0.25) is 4.68 Å². The number of benzene rings is 1. The zero-order valence-electron chi connectivity index (χ0n) is 10.8. The monoisotopic (exact) mass is 244 g/mol. The van der Waals surface area contributed by atoms with Crippen molar-refractivity contribution < 1.29 is 5.11 Å². The smallest absolute Gasteiger partial charge is 0.0521 e. The molecule has 1 atom stereocenters. The summed E-state index contributed by atoms with van der Waals surface area (Å²) in [5.41, 5.74) is 2.48. The Labute approximate surface area is 108 Å². The second-order valence-electron chi connectivity index (χ2n) is 4.65. The molecule has 0 aliphatic rings. The first-order valence-electron chi connectivity index (χ1n) is 6.48. The van der Waals surface area contributed by atoms with Crippen molar-refractivity contribution in [1.82, 2.24) is 9.78 Å². The van der Waals surface area contributed by atoms with Crippen molar-refractivity contribution in [2.45, 2.75) is 26.3 Å². The highest BCUT2D eigenvalue weighted by atomic mass is 16.3. The van der Waals surface area contributed by atoms with Crippen LogP contribution in [0.1, 0.15) is 18.1 Å². The van der Waals surface area contributed by atoms with Crippen LogP contribution in [0.5, 0.6) is 0 Å². The third kappa shape index (κ3) is 3.44. The molecule has 1 N–H and O–H groups in total. The lowest BCUT2D eigenvalue weighted by Crippen LogP contribution is -2.12. The van der Waals surface area contributed by atoms with Gasteiger partial charge in [0.25, 0.3) is 0 Å². The highest BCUT2D eigenvalue weighted by Crippen LogP contribution is 2.14. The van der Waals surface area contributed by atoms with E-state index in [4.69, 9.17) is 0 Å². The van der Waals surface area contributed by atoms with Crippen LogP contribution in [0, 0.1) is 5.92 Å². The molecule has 96 valence electrons. The molecule has 2 rings (SSSR count). The predicted molar refractivity (Wildman–Crippen MR) is 72.3 cm³/mol. The van der Waals surface area contributed by atoms with Gasteiger partial charge in [0.1, 0.15) is 0 Å². The lowest BCUT2D eigenvalue weighted by molar-refractivity contribution is 0.225. The Morgan fingerprint density at radius 1 is 1.17 bits per heavy atom. The summed E-state index contributed by atoms with van der Waals surface area (Å²) in [5.74, 6) is 0.266. The molecule has 3 nitrogen and oxygen atoms in total. The van der Waals surface area contributed by atoms with Gasteiger partial charge in [0.05, 0.1) is 6.20 Å².